The Morgan fingerprint density at radius 2 is 2.11 bits per heavy atom. The first-order valence-electron chi connectivity index (χ1n) is 7.70. The van der Waals surface area contributed by atoms with Crippen LogP contribution in [0.1, 0.15) is 58.8 Å². The minimum atomic E-state index is -0.287. The van der Waals surface area contributed by atoms with Gasteiger partial charge in [-0.3, -0.25) is 4.79 Å². The van der Waals surface area contributed by atoms with Crippen molar-refractivity contribution in [2.24, 2.45) is 5.92 Å². The topological polar surface area (TPSA) is 32.3 Å². The van der Waals surface area contributed by atoms with Crippen molar-refractivity contribution in [2.45, 2.75) is 64.3 Å². The van der Waals surface area contributed by atoms with E-state index in [1.165, 1.54) is 38.5 Å². The molecular weight excluding hydrogens is 224 g/mol. The van der Waals surface area contributed by atoms with E-state index in [1.54, 1.807) is 0 Å². The van der Waals surface area contributed by atoms with Gasteiger partial charge < -0.3 is 10.2 Å². The second-order valence-corrected chi connectivity index (χ2v) is 6.21. The zero-order valence-electron chi connectivity index (χ0n) is 12.0. The van der Waals surface area contributed by atoms with Gasteiger partial charge in [0.1, 0.15) is 0 Å². The lowest BCUT2D eigenvalue weighted by Gasteiger charge is -2.37. The van der Waals surface area contributed by atoms with Gasteiger partial charge in [0.15, 0.2) is 0 Å². The van der Waals surface area contributed by atoms with Gasteiger partial charge in [-0.15, -0.1) is 0 Å². The Labute approximate surface area is 111 Å². The monoisotopic (exact) mass is 252 g/mol. The fraction of sp³-hybridized carbons (Fsp3) is 0.933. The zero-order valence-corrected chi connectivity index (χ0v) is 12.0. The summed E-state index contributed by atoms with van der Waals surface area (Å²) in [4.78, 5) is 14.8. The van der Waals surface area contributed by atoms with Crippen LogP contribution < -0.4 is 5.32 Å². The smallest absolute Gasteiger partial charge is 0.242 e. The summed E-state index contributed by atoms with van der Waals surface area (Å²) in [5.41, 5.74) is -0.287. The summed E-state index contributed by atoms with van der Waals surface area (Å²) >= 11 is 0. The average molecular weight is 252 g/mol. The van der Waals surface area contributed by atoms with Gasteiger partial charge in [0.2, 0.25) is 5.91 Å². The van der Waals surface area contributed by atoms with Crippen molar-refractivity contribution in [3.05, 3.63) is 0 Å². The van der Waals surface area contributed by atoms with Gasteiger partial charge in [0.05, 0.1) is 5.54 Å². The Kier molecular flexibility index (Phi) is 4.66. The molecular formula is C15H28N2O. The average Bonchev–Trinajstić information content (AvgIpc) is 2.64. The molecule has 2 aliphatic rings. The van der Waals surface area contributed by atoms with E-state index in [0.29, 0.717) is 5.91 Å². The van der Waals surface area contributed by atoms with Crippen LogP contribution in [0.25, 0.3) is 0 Å². The quantitative estimate of drug-likeness (QED) is 0.819. The third-order valence-electron chi connectivity index (χ3n) is 4.80. The van der Waals surface area contributed by atoms with Crippen LogP contribution in [0.3, 0.4) is 0 Å². The second-order valence-electron chi connectivity index (χ2n) is 6.21. The number of nitrogens with one attached hydrogen (secondary N) is 1. The maximum Gasteiger partial charge on any atom is 0.242 e. The van der Waals surface area contributed by atoms with Gasteiger partial charge in [0.25, 0.3) is 0 Å². The number of carbonyl (C=O) groups excluding carboxylic acids is 1. The molecule has 0 saturated carbocycles. The number of nitrogens with zero attached hydrogens (tertiary/aromatic N) is 1. The van der Waals surface area contributed by atoms with Crippen LogP contribution in [0, 0.1) is 5.92 Å². The summed E-state index contributed by atoms with van der Waals surface area (Å²) in [7, 11) is 0. The molecule has 3 heteroatoms. The molecule has 2 aliphatic heterocycles. The molecule has 2 saturated heterocycles. The summed E-state index contributed by atoms with van der Waals surface area (Å²) in [6, 6.07) is 0. The Morgan fingerprint density at radius 3 is 2.78 bits per heavy atom. The first-order valence-corrected chi connectivity index (χ1v) is 7.70. The van der Waals surface area contributed by atoms with E-state index in [2.05, 4.69) is 24.1 Å². The summed E-state index contributed by atoms with van der Waals surface area (Å²) in [5.74, 6) is 1.17. The van der Waals surface area contributed by atoms with E-state index in [4.69, 9.17) is 0 Å². The van der Waals surface area contributed by atoms with Crippen molar-refractivity contribution in [1.82, 2.24) is 10.2 Å². The number of carbonyl (C=O) groups is 1. The first kappa shape index (κ1) is 13.9. The number of piperidine rings is 1. The molecule has 0 aromatic rings. The molecule has 104 valence electrons. The lowest BCUT2D eigenvalue weighted by Crippen LogP contribution is -2.58. The fourth-order valence-corrected chi connectivity index (χ4v) is 3.36. The van der Waals surface area contributed by atoms with Crippen molar-refractivity contribution in [3.63, 3.8) is 0 Å². The maximum atomic E-state index is 12.7. The molecule has 2 heterocycles. The van der Waals surface area contributed by atoms with Crippen LogP contribution in [0.5, 0.6) is 0 Å². The van der Waals surface area contributed by atoms with Crippen LogP contribution in [0.4, 0.5) is 0 Å². The maximum absolute atomic E-state index is 12.7. The first-order chi connectivity index (χ1) is 8.65. The van der Waals surface area contributed by atoms with Crippen LogP contribution in [-0.2, 0) is 4.79 Å². The minimum Gasteiger partial charge on any atom is -0.341 e. The fourth-order valence-electron chi connectivity index (χ4n) is 3.36. The molecule has 0 bridgehead atoms. The van der Waals surface area contributed by atoms with E-state index in [0.717, 1.165) is 32.0 Å². The van der Waals surface area contributed by atoms with Crippen LogP contribution in [0.2, 0.25) is 0 Å². The van der Waals surface area contributed by atoms with Gasteiger partial charge in [-0.25, -0.2) is 0 Å². The molecule has 2 rings (SSSR count). The molecule has 3 nitrogen and oxygen atoms in total. The number of rotatable bonds is 2. The lowest BCUT2D eigenvalue weighted by molar-refractivity contribution is -0.138. The molecule has 2 fully saturated rings. The molecule has 1 amide bonds. The van der Waals surface area contributed by atoms with Crippen LogP contribution in [-0.4, -0.2) is 36.0 Å². The normalized spacial score (nSPS) is 34.1. The Balaban J connectivity index is 1.95. The van der Waals surface area contributed by atoms with E-state index in [1.807, 2.05) is 0 Å². The van der Waals surface area contributed by atoms with E-state index >= 15 is 0 Å². The van der Waals surface area contributed by atoms with Crippen LogP contribution in [0.15, 0.2) is 0 Å². The lowest BCUT2D eigenvalue weighted by atomic mass is 9.89. The zero-order chi connectivity index (χ0) is 13.0. The van der Waals surface area contributed by atoms with Gasteiger partial charge in [0, 0.05) is 13.1 Å². The van der Waals surface area contributed by atoms with Crippen molar-refractivity contribution >= 4 is 5.91 Å². The molecule has 0 aromatic heterocycles. The number of likely N-dealkylation sites (tertiary alicyclic amines) is 1. The number of hydrogen-bond donors (Lipinski definition) is 1. The minimum absolute atomic E-state index is 0.287. The Bertz CT molecular complexity index is 284. The SMILES string of the molecule is CCC1CCCN(C(=O)C2(C)CCCCN2)CC1. The predicted molar refractivity (Wildman–Crippen MR) is 74.5 cm³/mol. The van der Waals surface area contributed by atoms with Crippen molar-refractivity contribution < 1.29 is 4.79 Å². The molecule has 0 spiro atoms. The highest BCUT2D eigenvalue weighted by molar-refractivity contribution is 5.86. The number of amides is 1. The highest BCUT2D eigenvalue weighted by Crippen LogP contribution is 2.25. The Morgan fingerprint density at radius 1 is 1.28 bits per heavy atom. The summed E-state index contributed by atoms with van der Waals surface area (Å²) in [6.45, 7) is 7.29. The van der Waals surface area contributed by atoms with E-state index in [9.17, 15) is 4.79 Å². The van der Waals surface area contributed by atoms with Crippen molar-refractivity contribution in [2.75, 3.05) is 19.6 Å². The standard InChI is InChI=1S/C15H28N2O/c1-3-13-7-6-11-17(12-8-13)14(18)15(2)9-4-5-10-16-15/h13,16H,3-12H2,1-2H3. The highest BCUT2D eigenvalue weighted by atomic mass is 16.2. The van der Waals surface area contributed by atoms with Gasteiger partial charge in [-0.1, -0.05) is 13.3 Å². The summed E-state index contributed by atoms with van der Waals surface area (Å²) in [6.07, 6.45) is 8.32. The van der Waals surface area contributed by atoms with Crippen molar-refractivity contribution in [1.29, 1.82) is 0 Å². The van der Waals surface area contributed by atoms with Gasteiger partial charge >= 0.3 is 0 Å². The van der Waals surface area contributed by atoms with E-state index < -0.39 is 0 Å². The summed E-state index contributed by atoms with van der Waals surface area (Å²) in [5, 5.41) is 3.45. The third kappa shape index (κ3) is 3.05. The molecule has 0 aliphatic carbocycles. The molecule has 2 atom stereocenters. The molecule has 18 heavy (non-hydrogen) atoms. The molecule has 0 radical (unpaired) electrons. The predicted octanol–water partition coefficient (Wildman–Crippen LogP) is 2.56. The summed E-state index contributed by atoms with van der Waals surface area (Å²) < 4.78 is 0. The molecule has 1 N–H and O–H groups in total. The van der Waals surface area contributed by atoms with Crippen LogP contribution >= 0.6 is 0 Å². The Hall–Kier alpha value is -0.570. The second kappa shape index (κ2) is 6.05. The number of hydrogen-bond acceptors (Lipinski definition) is 2. The largest absolute Gasteiger partial charge is 0.341 e. The molecule has 0 aromatic carbocycles. The van der Waals surface area contributed by atoms with Gasteiger partial charge in [-0.2, -0.15) is 0 Å². The van der Waals surface area contributed by atoms with Crippen molar-refractivity contribution in [3.8, 4) is 0 Å². The highest BCUT2D eigenvalue weighted by Gasteiger charge is 2.37. The third-order valence-corrected chi connectivity index (χ3v) is 4.80. The molecule has 2 unspecified atom stereocenters. The van der Waals surface area contributed by atoms with Gasteiger partial charge in [-0.05, 0) is 57.9 Å². The van der Waals surface area contributed by atoms with E-state index in [-0.39, 0.29) is 5.54 Å².